The number of methoxy groups -OCH3 is 1. The second kappa shape index (κ2) is 7.96. The number of carboxylic acids is 1. The maximum atomic E-state index is 12.2. The van der Waals surface area contributed by atoms with Crippen molar-refractivity contribution in [1.29, 1.82) is 0 Å². The number of urea groups is 1. The minimum absolute atomic E-state index is 0.00882. The van der Waals surface area contributed by atoms with Gasteiger partial charge in [0.25, 0.3) is 0 Å². The number of amides is 2. The molecule has 1 rings (SSSR count). The molecule has 0 spiro atoms. The quantitative estimate of drug-likeness (QED) is 0.724. The van der Waals surface area contributed by atoms with Crippen molar-refractivity contribution in [2.75, 3.05) is 59.5 Å². The van der Waals surface area contributed by atoms with Crippen molar-refractivity contribution in [1.82, 2.24) is 14.7 Å². The highest BCUT2D eigenvalue weighted by Gasteiger charge is 2.25. The normalized spacial score (nSPS) is 16.4. The molecule has 0 atom stereocenters. The Morgan fingerprint density at radius 1 is 1.26 bits per heavy atom. The Bertz CT molecular complexity index is 303. The number of carbonyl (C=O) groups excluding carboxylic acids is 1. The summed E-state index contributed by atoms with van der Waals surface area (Å²) in [7, 11) is 1.61. The monoisotopic (exact) mass is 273 g/mol. The molecule has 1 N–H and O–H groups in total. The maximum absolute atomic E-state index is 12.2. The van der Waals surface area contributed by atoms with Gasteiger partial charge in [0, 0.05) is 46.4 Å². The summed E-state index contributed by atoms with van der Waals surface area (Å²) in [6, 6.07) is 0.00882. The molecular formula is C12H23N3O4. The van der Waals surface area contributed by atoms with Crippen LogP contribution in [0.3, 0.4) is 0 Å². The summed E-state index contributed by atoms with van der Waals surface area (Å²) in [5.74, 6) is -0.824. The van der Waals surface area contributed by atoms with E-state index in [1.165, 1.54) is 0 Å². The maximum Gasteiger partial charge on any atom is 0.320 e. The van der Waals surface area contributed by atoms with Gasteiger partial charge in [-0.05, 0) is 6.92 Å². The molecule has 0 unspecified atom stereocenters. The second-order valence-corrected chi connectivity index (χ2v) is 4.51. The number of hydrogen-bond acceptors (Lipinski definition) is 4. The first-order valence-corrected chi connectivity index (χ1v) is 6.55. The molecule has 0 aliphatic carbocycles. The number of nitrogens with zero attached hydrogens (tertiary/aromatic N) is 3. The molecule has 1 saturated heterocycles. The molecule has 19 heavy (non-hydrogen) atoms. The molecule has 0 bridgehead atoms. The van der Waals surface area contributed by atoms with Crippen LogP contribution in [0.4, 0.5) is 4.79 Å². The number of carboxylic acid groups (broad SMARTS) is 1. The van der Waals surface area contributed by atoms with Crippen LogP contribution in [0.1, 0.15) is 6.92 Å². The van der Waals surface area contributed by atoms with E-state index < -0.39 is 5.97 Å². The van der Waals surface area contributed by atoms with Crippen molar-refractivity contribution in [2.24, 2.45) is 0 Å². The Morgan fingerprint density at radius 3 is 2.37 bits per heavy atom. The van der Waals surface area contributed by atoms with Gasteiger partial charge in [-0.25, -0.2) is 4.79 Å². The van der Waals surface area contributed by atoms with Crippen molar-refractivity contribution < 1.29 is 19.4 Å². The van der Waals surface area contributed by atoms with Crippen molar-refractivity contribution in [3.63, 3.8) is 0 Å². The minimum Gasteiger partial charge on any atom is -0.480 e. The van der Waals surface area contributed by atoms with Crippen LogP contribution in [0.2, 0.25) is 0 Å². The number of carbonyl (C=O) groups is 2. The predicted octanol–water partition coefficient (Wildman–Crippen LogP) is -0.223. The lowest BCUT2D eigenvalue weighted by Crippen LogP contribution is -2.53. The summed E-state index contributed by atoms with van der Waals surface area (Å²) >= 11 is 0. The third-order valence-corrected chi connectivity index (χ3v) is 3.22. The number of aliphatic carboxylic acids is 1. The minimum atomic E-state index is -0.824. The van der Waals surface area contributed by atoms with Crippen LogP contribution in [0.5, 0.6) is 0 Å². The first-order valence-electron chi connectivity index (χ1n) is 6.55. The molecule has 1 aliphatic rings. The van der Waals surface area contributed by atoms with Crippen molar-refractivity contribution in [2.45, 2.75) is 6.92 Å². The largest absolute Gasteiger partial charge is 0.480 e. The highest BCUT2D eigenvalue weighted by Crippen LogP contribution is 2.05. The van der Waals surface area contributed by atoms with Gasteiger partial charge in [-0.2, -0.15) is 0 Å². The molecule has 0 saturated carbocycles. The van der Waals surface area contributed by atoms with Crippen LogP contribution in [-0.4, -0.2) is 91.3 Å². The van der Waals surface area contributed by atoms with Crippen molar-refractivity contribution in [3.8, 4) is 0 Å². The molecule has 0 aromatic rings. The van der Waals surface area contributed by atoms with Crippen LogP contribution in [0, 0.1) is 0 Å². The molecule has 1 fully saturated rings. The van der Waals surface area contributed by atoms with Gasteiger partial charge >= 0.3 is 12.0 Å². The fourth-order valence-electron chi connectivity index (χ4n) is 2.08. The van der Waals surface area contributed by atoms with Crippen LogP contribution in [0.15, 0.2) is 0 Å². The Hall–Kier alpha value is -1.34. The number of rotatable bonds is 6. The van der Waals surface area contributed by atoms with Crippen molar-refractivity contribution in [3.05, 3.63) is 0 Å². The lowest BCUT2D eigenvalue weighted by Gasteiger charge is -2.36. The predicted molar refractivity (Wildman–Crippen MR) is 70.2 cm³/mol. The van der Waals surface area contributed by atoms with Crippen LogP contribution >= 0.6 is 0 Å². The highest BCUT2D eigenvalue weighted by molar-refractivity contribution is 5.74. The summed E-state index contributed by atoms with van der Waals surface area (Å²) in [6.45, 7) is 6.12. The first-order chi connectivity index (χ1) is 9.08. The summed E-state index contributed by atoms with van der Waals surface area (Å²) in [6.07, 6.45) is 0. The topological polar surface area (TPSA) is 73.3 Å². The molecule has 110 valence electrons. The van der Waals surface area contributed by atoms with E-state index in [-0.39, 0.29) is 12.6 Å². The SMILES string of the molecule is CCN(CCOC)C(=O)N1CCN(CC(=O)O)CC1. The van der Waals surface area contributed by atoms with Gasteiger partial charge in [-0.3, -0.25) is 9.69 Å². The van der Waals surface area contributed by atoms with Gasteiger partial charge < -0.3 is 19.6 Å². The Kier molecular flexibility index (Phi) is 6.58. The zero-order valence-corrected chi connectivity index (χ0v) is 11.7. The Labute approximate surface area is 113 Å². The van der Waals surface area contributed by atoms with E-state index in [1.54, 1.807) is 16.9 Å². The van der Waals surface area contributed by atoms with E-state index in [1.807, 2.05) is 11.8 Å². The number of piperazine rings is 1. The van der Waals surface area contributed by atoms with Crippen LogP contribution in [-0.2, 0) is 9.53 Å². The van der Waals surface area contributed by atoms with E-state index in [9.17, 15) is 9.59 Å². The zero-order chi connectivity index (χ0) is 14.3. The molecule has 1 aliphatic heterocycles. The third-order valence-electron chi connectivity index (χ3n) is 3.22. The smallest absolute Gasteiger partial charge is 0.320 e. The van der Waals surface area contributed by atoms with Gasteiger partial charge in [0.15, 0.2) is 0 Å². The van der Waals surface area contributed by atoms with Crippen LogP contribution in [0.25, 0.3) is 0 Å². The molecule has 0 aromatic heterocycles. The standard InChI is InChI=1S/C12H23N3O4/c1-3-14(8-9-19-2)12(18)15-6-4-13(5-7-15)10-11(16)17/h3-10H2,1-2H3,(H,16,17). The van der Waals surface area contributed by atoms with Crippen molar-refractivity contribution >= 4 is 12.0 Å². The van der Waals surface area contributed by atoms with Gasteiger partial charge in [-0.15, -0.1) is 0 Å². The third kappa shape index (κ3) is 5.04. The lowest BCUT2D eigenvalue weighted by atomic mass is 10.3. The lowest BCUT2D eigenvalue weighted by molar-refractivity contribution is -0.138. The van der Waals surface area contributed by atoms with E-state index in [2.05, 4.69) is 0 Å². The van der Waals surface area contributed by atoms with Gasteiger partial charge in [0.1, 0.15) is 0 Å². The molecule has 7 nitrogen and oxygen atoms in total. The summed E-state index contributed by atoms with van der Waals surface area (Å²) in [5, 5.41) is 8.72. The Morgan fingerprint density at radius 2 is 1.89 bits per heavy atom. The molecule has 0 aromatic carbocycles. The molecule has 7 heteroatoms. The fraction of sp³-hybridized carbons (Fsp3) is 0.833. The second-order valence-electron chi connectivity index (χ2n) is 4.51. The van der Waals surface area contributed by atoms with Gasteiger partial charge in [0.2, 0.25) is 0 Å². The highest BCUT2D eigenvalue weighted by atomic mass is 16.5. The number of ether oxygens (including phenoxy) is 1. The van der Waals surface area contributed by atoms with Gasteiger partial charge in [0.05, 0.1) is 13.2 Å². The number of likely N-dealkylation sites (N-methyl/N-ethyl adjacent to an activating group) is 1. The van der Waals surface area contributed by atoms with Gasteiger partial charge in [-0.1, -0.05) is 0 Å². The van der Waals surface area contributed by atoms with E-state index >= 15 is 0 Å². The average molecular weight is 273 g/mol. The average Bonchev–Trinajstić information content (AvgIpc) is 2.39. The van der Waals surface area contributed by atoms with E-state index in [0.29, 0.717) is 45.9 Å². The number of hydrogen-bond donors (Lipinski definition) is 1. The Balaban J connectivity index is 2.40. The molecule has 0 radical (unpaired) electrons. The zero-order valence-electron chi connectivity index (χ0n) is 11.7. The van der Waals surface area contributed by atoms with E-state index in [4.69, 9.17) is 9.84 Å². The summed E-state index contributed by atoms with van der Waals surface area (Å²) < 4.78 is 4.99. The first kappa shape index (κ1) is 15.7. The van der Waals surface area contributed by atoms with E-state index in [0.717, 1.165) is 0 Å². The fourth-order valence-corrected chi connectivity index (χ4v) is 2.08. The molecular weight excluding hydrogens is 250 g/mol. The molecule has 2 amide bonds. The van der Waals surface area contributed by atoms with Crippen LogP contribution < -0.4 is 0 Å². The summed E-state index contributed by atoms with van der Waals surface area (Å²) in [5.41, 5.74) is 0. The molecule has 1 heterocycles. The summed E-state index contributed by atoms with van der Waals surface area (Å²) in [4.78, 5) is 28.2.